The summed E-state index contributed by atoms with van der Waals surface area (Å²) in [5.74, 6) is 1.01. The Balaban J connectivity index is 2.28. The second-order valence-electron chi connectivity index (χ2n) is 6.27. The first-order valence-electron chi connectivity index (χ1n) is 7.01. The third-order valence-corrected chi connectivity index (χ3v) is 3.94. The van der Waals surface area contributed by atoms with Crippen LogP contribution in [0.2, 0.25) is 0 Å². The van der Waals surface area contributed by atoms with Gasteiger partial charge in [-0.15, -0.1) is 0 Å². The van der Waals surface area contributed by atoms with Gasteiger partial charge in [-0.2, -0.15) is 0 Å². The number of hydrogen-bond donors (Lipinski definition) is 2. The molecule has 0 radical (unpaired) electrons. The van der Waals surface area contributed by atoms with E-state index >= 15 is 0 Å². The minimum absolute atomic E-state index is 0.0234. The van der Waals surface area contributed by atoms with Gasteiger partial charge in [0, 0.05) is 6.61 Å². The van der Waals surface area contributed by atoms with Crippen LogP contribution in [-0.4, -0.2) is 24.2 Å². The number of rotatable bonds is 6. The van der Waals surface area contributed by atoms with Gasteiger partial charge in [-0.3, -0.25) is 4.79 Å². The summed E-state index contributed by atoms with van der Waals surface area (Å²) in [5.41, 5.74) is 10.1. The van der Waals surface area contributed by atoms with E-state index in [0.717, 1.165) is 12.5 Å². The van der Waals surface area contributed by atoms with Crippen LogP contribution in [0.1, 0.15) is 52.9 Å². The van der Waals surface area contributed by atoms with Crippen LogP contribution in [0, 0.1) is 11.8 Å². The molecule has 106 valence electrons. The maximum atomic E-state index is 11.1. The molecule has 0 aliphatic heterocycles. The summed E-state index contributed by atoms with van der Waals surface area (Å²) in [6.07, 6.45) is 5.61. The van der Waals surface area contributed by atoms with Crippen LogP contribution < -0.4 is 11.5 Å². The average Bonchev–Trinajstić information content (AvgIpc) is 2.25. The quantitative estimate of drug-likeness (QED) is 0.760. The Labute approximate surface area is 110 Å². The number of carbonyl (C=O) groups excluding carboxylic acids is 1. The molecule has 1 aliphatic carbocycles. The van der Waals surface area contributed by atoms with Gasteiger partial charge >= 0.3 is 0 Å². The van der Waals surface area contributed by atoms with E-state index in [2.05, 4.69) is 6.92 Å². The fourth-order valence-electron chi connectivity index (χ4n) is 2.77. The molecule has 0 spiro atoms. The van der Waals surface area contributed by atoms with Gasteiger partial charge in [-0.05, 0) is 44.9 Å². The molecule has 1 amide bonds. The molecule has 4 N–H and O–H groups in total. The molecule has 1 saturated carbocycles. The predicted octanol–water partition coefficient (Wildman–Crippen LogP) is 1.81. The lowest BCUT2D eigenvalue weighted by Gasteiger charge is -2.29. The minimum atomic E-state index is -0.973. The fraction of sp³-hybridized carbons (Fsp3) is 0.929. The topological polar surface area (TPSA) is 78.3 Å². The molecule has 1 fully saturated rings. The van der Waals surface area contributed by atoms with Crippen molar-refractivity contribution in [2.45, 2.75) is 64.5 Å². The molecule has 18 heavy (non-hydrogen) atoms. The molecule has 4 unspecified atom stereocenters. The number of ether oxygens (including phenoxy) is 1. The van der Waals surface area contributed by atoms with E-state index in [4.69, 9.17) is 16.2 Å². The van der Waals surface area contributed by atoms with Crippen molar-refractivity contribution in [2.24, 2.45) is 23.3 Å². The van der Waals surface area contributed by atoms with Gasteiger partial charge in [0.15, 0.2) is 0 Å². The highest BCUT2D eigenvalue weighted by Crippen LogP contribution is 2.29. The van der Waals surface area contributed by atoms with Crippen molar-refractivity contribution in [2.75, 3.05) is 6.61 Å². The lowest BCUT2D eigenvalue weighted by Crippen LogP contribution is -2.51. The number of primary amides is 1. The maximum Gasteiger partial charge on any atom is 0.237 e. The third kappa shape index (κ3) is 4.94. The second kappa shape index (κ2) is 6.53. The summed E-state index contributed by atoms with van der Waals surface area (Å²) in [6.45, 7) is 6.71. The van der Waals surface area contributed by atoms with Gasteiger partial charge in [-0.1, -0.05) is 19.8 Å². The van der Waals surface area contributed by atoms with Crippen molar-refractivity contribution in [3.05, 3.63) is 0 Å². The molecular weight excluding hydrogens is 228 g/mol. The maximum absolute atomic E-state index is 11.1. The summed E-state index contributed by atoms with van der Waals surface area (Å²) in [4.78, 5) is 11.1. The largest absolute Gasteiger partial charge is 0.378 e. The first kappa shape index (κ1) is 15.4. The highest BCUT2D eigenvalue weighted by molar-refractivity contribution is 5.83. The van der Waals surface area contributed by atoms with Gasteiger partial charge < -0.3 is 16.2 Å². The van der Waals surface area contributed by atoms with E-state index in [9.17, 15) is 4.79 Å². The summed E-state index contributed by atoms with van der Waals surface area (Å²) in [7, 11) is 0. The Morgan fingerprint density at radius 1 is 1.50 bits per heavy atom. The smallest absolute Gasteiger partial charge is 0.237 e. The lowest BCUT2D eigenvalue weighted by molar-refractivity contribution is -0.124. The Kier molecular flexibility index (Phi) is 5.60. The molecule has 4 heteroatoms. The molecule has 4 nitrogen and oxygen atoms in total. The lowest BCUT2D eigenvalue weighted by atomic mass is 9.83. The Morgan fingerprint density at radius 3 is 2.72 bits per heavy atom. The van der Waals surface area contributed by atoms with E-state index < -0.39 is 11.4 Å². The zero-order valence-electron chi connectivity index (χ0n) is 11.9. The van der Waals surface area contributed by atoms with Crippen LogP contribution in [0.5, 0.6) is 0 Å². The molecule has 0 aromatic heterocycles. The first-order valence-corrected chi connectivity index (χ1v) is 7.01. The van der Waals surface area contributed by atoms with Crippen molar-refractivity contribution in [3.63, 3.8) is 0 Å². The van der Waals surface area contributed by atoms with Gasteiger partial charge in [0.05, 0.1) is 11.6 Å². The molecule has 1 aliphatic rings. The van der Waals surface area contributed by atoms with Gasteiger partial charge in [0.25, 0.3) is 0 Å². The molecule has 0 aromatic carbocycles. The van der Waals surface area contributed by atoms with Crippen molar-refractivity contribution in [3.8, 4) is 0 Å². The highest BCUT2D eigenvalue weighted by Gasteiger charge is 2.29. The standard InChI is InChI=1S/C14H28N2O2/c1-10-5-4-6-12(7-10)9-18-11(2)8-14(3,16)13(15)17/h10-12H,4-9,16H2,1-3H3,(H2,15,17). The number of hydrogen-bond acceptors (Lipinski definition) is 3. The van der Waals surface area contributed by atoms with Crippen LogP contribution >= 0.6 is 0 Å². The number of nitrogens with two attached hydrogens (primary N) is 2. The third-order valence-electron chi connectivity index (χ3n) is 3.94. The summed E-state index contributed by atoms with van der Waals surface area (Å²) >= 11 is 0. The second-order valence-corrected chi connectivity index (χ2v) is 6.27. The minimum Gasteiger partial charge on any atom is -0.378 e. The van der Waals surface area contributed by atoms with E-state index in [-0.39, 0.29) is 6.10 Å². The zero-order valence-corrected chi connectivity index (χ0v) is 11.9. The van der Waals surface area contributed by atoms with E-state index in [0.29, 0.717) is 12.3 Å². The molecule has 0 bridgehead atoms. The average molecular weight is 256 g/mol. The summed E-state index contributed by atoms with van der Waals surface area (Å²) < 4.78 is 5.83. The van der Waals surface area contributed by atoms with Gasteiger partial charge in [0.2, 0.25) is 5.91 Å². The van der Waals surface area contributed by atoms with Gasteiger partial charge in [0.1, 0.15) is 0 Å². The Hall–Kier alpha value is -0.610. The van der Waals surface area contributed by atoms with Gasteiger partial charge in [-0.25, -0.2) is 0 Å². The molecular formula is C14H28N2O2. The van der Waals surface area contributed by atoms with Crippen LogP contribution in [0.4, 0.5) is 0 Å². The number of amides is 1. The van der Waals surface area contributed by atoms with Crippen LogP contribution in [0.15, 0.2) is 0 Å². The fourth-order valence-corrected chi connectivity index (χ4v) is 2.77. The highest BCUT2D eigenvalue weighted by atomic mass is 16.5. The molecule has 0 saturated heterocycles. The van der Waals surface area contributed by atoms with E-state index in [1.807, 2.05) is 6.92 Å². The van der Waals surface area contributed by atoms with Crippen molar-refractivity contribution in [1.29, 1.82) is 0 Å². The Bertz CT molecular complexity index is 279. The SMILES string of the molecule is CC1CCCC(COC(C)CC(C)(N)C(N)=O)C1. The van der Waals surface area contributed by atoms with Crippen LogP contribution in [0.25, 0.3) is 0 Å². The molecule has 0 aromatic rings. The summed E-state index contributed by atoms with van der Waals surface area (Å²) in [5, 5.41) is 0. The normalized spacial score (nSPS) is 29.6. The zero-order chi connectivity index (χ0) is 13.8. The predicted molar refractivity (Wildman–Crippen MR) is 72.9 cm³/mol. The molecule has 1 rings (SSSR count). The monoisotopic (exact) mass is 256 g/mol. The molecule has 4 atom stereocenters. The Morgan fingerprint density at radius 2 is 2.17 bits per heavy atom. The van der Waals surface area contributed by atoms with E-state index in [1.165, 1.54) is 25.7 Å². The van der Waals surface area contributed by atoms with Crippen LogP contribution in [0.3, 0.4) is 0 Å². The van der Waals surface area contributed by atoms with E-state index in [1.54, 1.807) is 6.92 Å². The van der Waals surface area contributed by atoms with Crippen molar-refractivity contribution >= 4 is 5.91 Å². The van der Waals surface area contributed by atoms with Crippen molar-refractivity contribution in [1.82, 2.24) is 0 Å². The summed E-state index contributed by atoms with van der Waals surface area (Å²) in [6, 6.07) is 0. The molecule has 0 heterocycles. The van der Waals surface area contributed by atoms with Crippen molar-refractivity contribution < 1.29 is 9.53 Å². The number of carbonyl (C=O) groups is 1. The first-order chi connectivity index (χ1) is 8.31. The van der Waals surface area contributed by atoms with Crippen LogP contribution in [-0.2, 0) is 9.53 Å².